The number of hydrogen-bond donors (Lipinski definition) is 2. The lowest BCUT2D eigenvalue weighted by molar-refractivity contribution is -0.138. The Balaban J connectivity index is 1.58. The van der Waals surface area contributed by atoms with Crippen LogP contribution in [0.25, 0.3) is 0 Å². The summed E-state index contributed by atoms with van der Waals surface area (Å²) < 4.78 is 0. The van der Waals surface area contributed by atoms with Gasteiger partial charge in [-0.15, -0.1) is 0 Å². The lowest BCUT2D eigenvalue weighted by atomic mass is 9.74. The van der Waals surface area contributed by atoms with Crippen molar-refractivity contribution in [2.45, 2.75) is 51.5 Å². The van der Waals surface area contributed by atoms with Crippen LogP contribution in [0.15, 0.2) is 33.9 Å². The molecule has 27 heavy (non-hydrogen) atoms. The molecule has 1 aliphatic heterocycles. The fraction of sp³-hybridized carbons (Fsp3) is 0.476. The highest BCUT2D eigenvalue weighted by molar-refractivity contribution is 5.80. The molecule has 1 aromatic heterocycles. The number of aromatic nitrogens is 2. The van der Waals surface area contributed by atoms with Crippen molar-refractivity contribution >= 4 is 5.91 Å². The van der Waals surface area contributed by atoms with Gasteiger partial charge in [0.15, 0.2) is 0 Å². The van der Waals surface area contributed by atoms with Gasteiger partial charge in [-0.1, -0.05) is 42.7 Å². The van der Waals surface area contributed by atoms with E-state index in [1.54, 1.807) is 0 Å². The normalized spacial score (nSPS) is 22.3. The van der Waals surface area contributed by atoms with Crippen LogP contribution in [-0.4, -0.2) is 27.3 Å². The van der Waals surface area contributed by atoms with Crippen molar-refractivity contribution in [3.63, 3.8) is 0 Å². The van der Waals surface area contributed by atoms with E-state index in [-0.39, 0.29) is 23.3 Å². The Bertz CT molecular complexity index is 958. The third-order valence-electron chi connectivity index (χ3n) is 6.01. The molecule has 2 aliphatic rings. The lowest BCUT2D eigenvalue weighted by Gasteiger charge is -2.36. The molecule has 1 amide bonds. The Labute approximate surface area is 157 Å². The van der Waals surface area contributed by atoms with Crippen molar-refractivity contribution < 1.29 is 4.79 Å². The zero-order valence-corrected chi connectivity index (χ0v) is 15.6. The van der Waals surface area contributed by atoms with E-state index in [1.165, 1.54) is 11.1 Å². The standard InChI is InChI=1S/C21H25N3O3/c1-13-6-8-14(9-7-13)15-4-2-3-5-16(15)20(26)24-11-10-17-18(12-24)22-21(27)23-19(17)25/h6-9,15-16H,2-5,10-12H2,1H3,(H2,22,23,25,27). The lowest BCUT2D eigenvalue weighted by Crippen LogP contribution is -2.45. The number of hydrogen-bond acceptors (Lipinski definition) is 3. The van der Waals surface area contributed by atoms with E-state index in [4.69, 9.17) is 0 Å². The van der Waals surface area contributed by atoms with Crippen LogP contribution < -0.4 is 11.2 Å². The molecule has 2 heterocycles. The van der Waals surface area contributed by atoms with Gasteiger partial charge in [0.1, 0.15) is 0 Å². The number of nitrogens with zero attached hydrogens (tertiary/aromatic N) is 1. The van der Waals surface area contributed by atoms with E-state index in [2.05, 4.69) is 41.2 Å². The molecule has 4 rings (SSSR count). The quantitative estimate of drug-likeness (QED) is 0.853. The topological polar surface area (TPSA) is 86.0 Å². The molecule has 2 atom stereocenters. The minimum atomic E-state index is -0.511. The first-order chi connectivity index (χ1) is 13.0. The summed E-state index contributed by atoms with van der Waals surface area (Å²) in [5.41, 5.74) is 2.78. The maximum absolute atomic E-state index is 13.3. The first-order valence-corrected chi connectivity index (χ1v) is 9.72. The summed E-state index contributed by atoms with van der Waals surface area (Å²) in [6.07, 6.45) is 4.62. The highest BCUT2D eigenvalue weighted by Crippen LogP contribution is 2.39. The summed E-state index contributed by atoms with van der Waals surface area (Å²) in [7, 11) is 0. The van der Waals surface area contributed by atoms with Crippen molar-refractivity contribution in [1.82, 2.24) is 14.9 Å². The van der Waals surface area contributed by atoms with Gasteiger partial charge in [0.2, 0.25) is 5.91 Å². The van der Waals surface area contributed by atoms with Gasteiger partial charge in [0.25, 0.3) is 5.56 Å². The van der Waals surface area contributed by atoms with Crippen LogP contribution in [-0.2, 0) is 17.8 Å². The van der Waals surface area contributed by atoms with Gasteiger partial charge in [-0.3, -0.25) is 14.6 Å². The Kier molecular flexibility index (Phi) is 4.72. The number of H-pyrrole nitrogens is 2. The first-order valence-electron chi connectivity index (χ1n) is 9.72. The van der Waals surface area contributed by atoms with Gasteiger partial charge in [-0.2, -0.15) is 0 Å². The van der Waals surface area contributed by atoms with E-state index in [9.17, 15) is 14.4 Å². The number of carbonyl (C=O) groups excluding carboxylic acids is 1. The number of benzene rings is 1. The second kappa shape index (κ2) is 7.18. The Morgan fingerprint density at radius 1 is 1.07 bits per heavy atom. The molecule has 6 nitrogen and oxygen atoms in total. The van der Waals surface area contributed by atoms with Crippen molar-refractivity contribution in [1.29, 1.82) is 0 Å². The Morgan fingerprint density at radius 3 is 2.59 bits per heavy atom. The van der Waals surface area contributed by atoms with Crippen LogP contribution in [0.2, 0.25) is 0 Å². The zero-order chi connectivity index (χ0) is 19.0. The van der Waals surface area contributed by atoms with Crippen LogP contribution in [0, 0.1) is 12.8 Å². The zero-order valence-electron chi connectivity index (χ0n) is 15.6. The van der Waals surface area contributed by atoms with Crippen LogP contribution in [0.3, 0.4) is 0 Å². The second-order valence-corrected chi connectivity index (χ2v) is 7.78. The number of nitrogens with one attached hydrogen (secondary N) is 2. The maximum Gasteiger partial charge on any atom is 0.325 e. The summed E-state index contributed by atoms with van der Waals surface area (Å²) in [5, 5.41) is 0. The van der Waals surface area contributed by atoms with E-state index in [1.807, 2.05) is 4.90 Å². The molecule has 2 N–H and O–H groups in total. The van der Waals surface area contributed by atoms with Crippen molar-refractivity contribution in [3.8, 4) is 0 Å². The second-order valence-electron chi connectivity index (χ2n) is 7.78. The fourth-order valence-corrected chi connectivity index (χ4v) is 4.54. The average molecular weight is 367 g/mol. The molecule has 0 radical (unpaired) electrons. The van der Waals surface area contributed by atoms with Crippen molar-refractivity contribution in [2.75, 3.05) is 6.54 Å². The van der Waals surface area contributed by atoms with Gasteiger partial charge in [-0.05, 0) is 37.7 Å². The number of fused-ring (bicyclic) bond motifs is 1. The maximum atomic E-state index is 13.3. The van der Waals surface area contributed by atoms with E-state index < -0.39 is 5.69 Å². The third kappa shape index (κ3) is 3.48. The van der Waals surface area contributed by atoms with Crippen LogP contribution in [0.4, 0.5) is 0 Å². The van der Waals surface area contributed by atoms with Gasteiger partial charge >= 0.3 is 5.69 Å². The van der Waals surface area contributed by atoms with Gasteiger partial charge < -0.3 is 9.88 Å². The molecule has 2 aromatic rings. The summed E-state index contributed by atoms with van der Waals surface area (Å²) in [5.74, 6) is 0.357. The monoisotopic (exact) mass is 367 g/mol. The van der Waals surface area contributed by atoms with Crippen LogP contribution in [0.1, 0.15) is 54.0 Å². The number of amides is 1. The molecule has 2 unspecified atom stereocenters. The Hall–Kier alpha value is -2.63. The molecular formula is C21H25N3O3. The highest BCUT2D eigenvalue weighted by atomic mass is 16.2. The van der Waals surface area contributed by atoms with Crippen LogP contribution >= 0.6 is 0 Å². The molecule has 0 spiro atoms. The van der Waals surface area contributed by atoms with Gasteiger partial charge in [-0.25, -0.2) is 4.79 Å². The molecule has 1 aromatic carbocycles. The third-order valence-corrected chi connectivity index (χ3v) is 6.01. The van der Waals surface area contributed by atoms with Crippen molar-refractivity contribution in [3.05, 3.63) is 67.5 Å². The summed E-state index contributed by atoms with van der Waals surface area (Å²) in [4.78, 5) is 43.7. The smallest absolute Gasteiger partial charge is 0.325 e. The molecule has 1 saturated carbocycles. The molecule has 0 bridgehead atoms. The average Bonchev–Trinajstić information content (AvgIpc) is 2.67. The van der Waals surface area contributed by atoms with Gasteiger partial charge in [0.05, 0.1) is 6.54 Å². The Morgan fingerprint density at radius 2 is 1.81 bits per heavy atom. The minimum absolute atomic E-state index is 0.0308. The van der Waals surface area contributed by atoms with Crippen molar-refractivity contribution in [2.24, 2.45) is 5.92 Å². The molecule has 1 aliphatic carbocycles. The summed E-state index contributed by atoms with van der Waals surface area (Å²) in [6, 6.07) is 8.52. The van der Waals surface area contributed by atoms with Crippen LogP contribution in [0.5, 0.6) is 0 Å². The number of carbonyl (C=O) groups is 1. The van der Waals surface area contributed by atoms with E-state index in [0.29, 0.717) is 30.8 Å². The van der Waals surface area contributed by atoms with E-state index in [0.717, 1.165) is 25.7 Å². The summed E-state index contributed by atoms with van der Waals surface area (Å²) in [6.45, 7) is 2.91. The SMILES string of the molecule is Cc1ccc(C2CCCCC2C(=O)N2CCc3c([nH]c(=O)[nH]c3=O)C2)cc1. The number of aromatic amines is 2. The first kappa shape index (κ1) is 17.8. The largest absolute Gasteiger partial charge is 0.336 e. The number of rotatable bonds is 2. The fourth-order valence-electron chi connectivity index (χ4n) is 4.54. The molecular weight excluding hydrogens is 342 g/mol. The summed E-state index contributed by atoms with van der Waals surface area (Å²) >= 11 is 0. The number of aryl methyl sites for hydroxylation is 1. The predicted octanol–water partition coefficient (Wildman–Crippen LogP) is 2.23. The molecule has 1 fully saturated rings. The molecule has 142 valence electrons. The highest BCUT2D eigenvalue weighted by Gasteiger charge is 2.36. The molecule has 6 heteroatoms. The molecule has 0 saturated heterocycles. The van der Waals surface area contributed by atoms with Gasteiger partial charge in [0, 0.05) is 23.7 Å². The van der Waals surface area contributed by atoms with E-state index >= 15 is 0 Å². The predicted molar refractivity (Wildman–Crippen MR) is 103 cm³/mol. The minimum Gasteiger partial charge on any atom is -0.336 e.